The Labute approximate surface area is 158 Å². The van der Waals surface area contributed by atoms with Gasteiger partial charge in [0.2, 0.25) is 0 Å². The van der Waals surface area contributed by atoms with Crippen LogP contribution in [0.5, 0.6) is 0 Å². The van der Waals surface area contributed by atoms with Crippen molar-refractivity contribution in [2.24, 2.45) is 0 Å². The number of anilines is 1. The molecular formula is C20H13F2N3OS. The van der Waals surface area contributed by atoms with Gasteiger partial charge in [-0.15, -0.1) is 0 Å². The zero-order valence-electron chi connectivity index (χ0n) is 14.1. The van der Waals surface area contributed by atoms with Gasteiger partial charge in [0.25, 0.3) is 5.91 Å². The number of carbonyl (C=O) groups is 1. The molecule has 0 atom stereocenters. The van der Waals surface area contributed by atoms with Crippen molar-refractivity contribution in [1.82, 2.24) is 4.98 Å². The molecule has 0 spiro atoms. The van der Waals surface area contributed by atoms with Crippen molar-refractivity contribution in [3.63, 3.8) is 0 Å². The number of aryl methyl sites for hydroxylation is 2. The fourth-order valence-corrected chi connectivity index (χ4v) is 4.24. The van der Waals surface area contributed by atoms with Crippen LogP contribution in [-0.4, -0.2) is 10.9 Å². The molecule has 1 aliphatic carbocycles. The highest BCUT2D eigenvalue weighted by atomic mass is 32.1. The SMILES string of the molecule is N#Cc1ccc2c(c1)-c1sc(NC(=O)c3c(F)cccc3F)nc1CCC2. The van der Waals surface area contributed by atoms with Gasteiger partial charge in [-0.2, -0.15) is 5.26 Å². The predicted molar refractivity (Wildman–Crippen MR) is 98.6 cm³/mol. The minimum absolute atomic E-state index is 0.280. The van der Waals surface area contributed by atoms with Gasteiger partial charge in [-0.3, -0.25) is 10.1 Å². The first kappa shape index (κ1) is 17.3. The molecular weight excluding hydrogens is 368 g/mol. The van der Waals surface area contributed by atoms with E-state index in [9.17, 15) is 13.6 Å². The van der Waals surface area contributed by atoms with Gasteiger partial charge in [0, 0.05) is 0 Å². The maximum atomic E-state index is 13.8. The number of amides is 1. The van der Waals surface area contributed by atoms with Gasteiger partial charge in [-0.1, -0.05) is 23.5 Å². The van der Waals surface area contributed by atoms with Gasteiger partial charge in [0.05, 0.1) is 22.2 Å². The van der Waals surface area contributed by atoms with Crippen molar-refractivity contribution < 1.29 is 13.6 Å². The lowest BCUT2D eigenvalue weighted by atomic mass is 10.0. The second-order valence-electron chi connectivity index (χ2n) is 6.18. The minimum atomic E-state index is -0.922. The fraction of sp³-hybridized carbons (Fsp3) is 0.150. The molecule has 4 nitrogen and oxygen atoms in total. The van der Waals surface area contributed by atoms with Crippen LogP contribution < -0.4 is 5.32 Å². The number of nitrogens with one attached hydrogen (secondary N) is 1. The van der Waals surface area contributed by atoms with E-state index in [1.54, 1.807) is 6.07 Å². The monoisotopic (exact) mass is 381 g/mol. The van der Waals surface area contributed by atoms with Crippen molar-refractivity contribution in [3.05, 3.63) is 70.4 Å². The number of benzene rings is 2. The van der Waals surface area contributed by atoms with Gasteiger partial charge in [0.15, 0.2) is 5.13 Å². The van der Waals surface area contributed by atoms with E-state index >= 15 is 0 Å². The number of aromatic nitrogens is 1. The Balaban J connectivity index is 1.71. The molecule has 0 fully saturated rings. The van der Waals surface area contributed by atoms with Crippen LogP contribution in [0, 0.1) is 23.0 Å². The first-order valence-electron chi connectivity index (χ1n) is 8.35. The molecule has 7 heteroatoms. The molecule has 0 bridgehead atoms. The lowest BCUT2D eigenvalue weighted by Gasteiger charge is -2.06. The van der Waals surface area contributed by atoms with Crippen molar-refractivity contribution in [1.29, 1.82) is 5.26 Å². The van der Waals surface area contributed by atoms with Crippen LogP contribution in [0.4, 0.5) is 13.9 Å². The van der Waals surface area contributed by atoms with Gasteiger partial charge < -0.3 is 0 Å². The van der Waals surface area contributed by atoms with E-state index in [1.807, 2.05) is 12.1 Å². The Bertz CT molecular complexity index is 1080. The molecule has 134 valence electrons. The van der Waals surface area contributed by atoms with E-state index in [0.29, 0.717) is 5.56 Å². The summed E-state index contributed by atoms with van der Waals surface area (Å²) in [7, 11) is 0. The molecule has 0 aliphatic heterocycles. The fourth-order valence-electron chi connectivity index (χ4n) is 3.18. The van der Waals surface area contributed by atoms with Gasteiger partial charge in [-0.25, -0.2) is 13.8 Å². The lowest BCUT2D eigenvalue weighted by molar-refractivity contribution is 0.101. The molecule has 0 unspecified atom stereocenters. The number of hydrogen-bond donors (Lipinski definition) is 1. The van der Waals surface area contributed by atoms with Gasteiger partial charge >= 0.3 is 0 Å². The molecule has 0 radical (unpaired) electrons. The number of rotatable bonds is 2. The summed E-state index contributed by atoms with van der Waals surface area (Å²) in [4.78, 5) is 17.6. The molecule has 1 amide bonds. The quantitative estimate of drug-likeness (QED) is 0.700. The summed E-state index contributed by atoms with van der Waals surface area (Å²) in [5, 5.41) is 12.0. The van der Waals surface area contributed by atoms with E-state index < -0.39 is 23.1 Å². The maximum absolute atomic E-state index is 13.8. The average Bonchev–Trinajstić information content (AvgIpc) is 2.96. The number of hydrogen-bond acceptors (Lipinski definition) is 4. The minimum Gasteiger partial charge on any atom is -0.298 e. The van der Waals surface area contributed by atoms with Crippen molar-refractivity contribution in [3.8, 4) is 16.5 Å². The molecule has 0 saturated heterocycles. The maximum Gasteiger partial charge on any atom is 0.263 e. The van der Waals surface area contributed by atoms with Gasteiger partial charge in [0.1, 0.15) is 17.2 Å². The number of carbonyl (C=O) groups excluding carboxylic acids is 1. The average molecular weight is 381 g/mol. The van der Waals surface area contributed by atoms with E-state index in [0.717, 1.165) is 53.1 Å². The largest absolute Gasteiger partial charge is 0.298 e. The highest BCUT2D eigenvalue weighted by Crippen LogP contribution is 2.39. The molecule has 1 aliphatic rings. The van der Waals surface area contributed by atoms with E-state index in [2.05, 4.69) is 16.4 Å². The molecule has 0 saturated carbocycles. The predicted octanol–water partition coefficient (Wildman–Crippen LogP) is 4.70. The first-order valence-corrected chi connectivity index (χ1v) is 9.17. The van der Waals surface area contributed by atoms with Crippen LogP contribution in [0.15, 0.2) is 36.4 Å². The summed E-state index contributed by atoms with van der Waals surface area (Å²) >= 11 is 1.25. The Morgan fingerprint density at radius 3 is 2.70 bits per heavy atom. The molecule has 1 aromatic heterocycles. The molecule has 27 heavy (non-hydrogen) atoms. The summed E-state index contributed by atoms with van der Waals surface area (Å²) in [5.41, 5.74) is 2.79. The normalized spacial score (nSPS) is 12.5. The van der Waals surface area contributed by atoms with E-state index in [1.165, 1.54) is 17.4 Å². The zero-order valence-corrected chi connectivity index (χ0v) is 14.9. The van der Waals surface area contributed by atoms with Crippen LogP contribution in [0.1, 0.15) is 33.6 Å². The first-order chi connectivity index (χ1) is 13.1. The molecule has 3 aromatic rings. The van der Waals surface area contributed by atoms with Gasteiger partial charge in [-0.05, 0) is 54.7 Å². The third-order valence-electron chi connectivity index (χ3n) is 4.45. The molecule has 1 N–H and O–H groups in total. The molecule has 2 aromatic carbocycles. The summed E-state index contributed by atoms with van der Waals surface area (Å²) in [6, 6.07) is 11.0. The van der Waals surface area contributed by atoms with Crippen molar-refractivity contribution in [2.75, 3.05) is 5.32 Å². The number of nitrogens with zero attached hydrogens (tertiary/aromatic N) is 2. The molecule has 1 heterocycles. The number of thiazole rings is 1. The second-order valence-corrected chi connectivity index (χ2v) is 7.18. The second kappa shape index (κ2) is 6.89. The Hall–Kier alpha value is -3.11. The van der Waals surface area contributed by atoms with Crippen LogP contribution in [-0.2, 0) is 12.8 Å². The third-order valence-corrected chi connectivity index (χ3v) is 5.50. The van der Waals surface area contributed by atoms with Crippen LogP contribution in [0.3, 0.4) is 0 Å². The Morgan fingerprint density at radius 2 is 1.96 bits per heavy atom. The van der Waals surface area contributed by atoms with Crippen molar-refractivity contribution >= 4 is 22.4 Å². The molecule has 4 rings (SSSR count). The van der Waals surface area contributed by atoms with Crippen LogP contribution in [0.25, 0.3) is 10.4 Å². The van der Waals surface area contributed by atoms with Crippen LogP contribution in [0.2, 0.25) is 0 Å². The van der Waals surface area contributed by atoms with Crippen LogP contribution >= 0.6 is 11.3 Å². The highest BCUT2D eigenvalue weighted by Gasteiger charge is 2.22. The highest BCUT2D eigenvalue weighted by molar-refractivity contribution is 7.19. The summed E-state index contributed by atoms with van der Waals surface area (Å²) in [6.07, 6.45) is 2.50. The van der Waals surface area contributed by atoms with E-state index in [-0.39, 0.29) is 5.13 Å². The smallest absolute Gasteiger partial charge is 0.263 e. The summed E-state index contributed by atoms with van der Waals surface area (Å²) < 4.78 is 27.6. The zero-order chi connectivity index (χ0) is 19.0. The van der Waals surface area contributed by atoms with Crippen molar-refractivity contribution in [2.45, 2.75) is 19.3 Å². The number of nitriles is 1. The Morgan fingerprint density at radius 1 is 1.19 bits per heavy atom. The lowest BCUT2D eigenvalue weighted by Crippen LogP contribution is -2.15. The number of fused-ring (bicyclic) bond motifs is 3. The van der Waals surface area contributed by atoms with E-state index in [4.69, 9.17) is 5.26 Å². The standard InChI is InChI=1S/C20H13F2N3OS/c21-14-4-2-5-15(22)17(14)19(26)25-20-24-16-6-1-3-12-8-7-11(10-23)9-13(12)18(16)27-20/h2,4-5,7-9H,1,3,6H2,(H,24,25,26). The number of halogens is 2. The Kier molecular flexibility index (Phi) is 4.42. The third kappa shape index (κ3) is 3.20. The summed E-state index contributed by atoms with van der Waals surface area (Å²) in [6.45, 7) is 0. The summed E-state index contributed by atoms with van der Waals surface area (Å²) in [5.74, 6) is -2.72. The topological polar surface area (TPSA) is 65.8 Å².